The van der Waals surface area contributed by atoms with Gasteiger partial charge in [0.1, 0.15) is 97.7 Å². The number of hydrogen-bond donors (Lipinski definition) is 15. The fraction of sp³-hybridized carbons (Fsp3) is 1.00. The Labute approximate surface area is 235 Å². The van der Waals surface area contributed by atoms with Gasteiger partial charge in [0.05, 0.1) is 6.61 Å². The van der Waals surface area contributed by atoms with Crippen LogP contribution in [0.3, 0.4) is 0 Å². The lowest BCUT2D eigenvalue weighted by Crippen LogP contribution is -2.67. The van der Waals surface area contributed by atoms with E-state index >= 15 is 0 Å². The molecule has 1 aliphatic heterocycles. The number of rotatable bonds is 9. The number of aliphatic hydroxyl groups is 12. The van der Waals surface area contributed by atoms with Crippen LogP contribution in [0.1, 0.15) is 0 Å². The van der Waals surface area contributed by atoms with Crippen LogP contribution in [0.15, 0.2) is 0 Å². The van der Waals surface area contributed by atoms with Crippen molar-refractivity contribution in [2.45, 2.75) is 104 Å². The van der Waals surface area contributed by atoms with E-state index in [4.69, 9.17) is 19.3 Å². The largest absolute Gasteiger partial charge is 0.472 e. The molecule has 22 nitrogen and oxygen atoms in total. The van der Waals surface area contributed by atoms with E-state index < -0.39 is 126 Å². The Morgan fingerprint density at radius 3 is 1.38 bits per heavy atom. The fourth-order valence-electron chi connectivity index (χ4n) is 4.62. The number of hydrogen-bond acceptors (Lipinski definition) is 19. The SMILES string of the molecule is O=P(O)(O)O[C@@H]1[C@H](O)[C@H](O)[C@@H](O)[C@H](O)[C@H]1O[C@H]1O[C@H](COP(=O)(O)OC2[C@H](O)[C@H](O)C(O)[C@H](O)[C@H]2O)[C@@H](O)[C@H](O)[C@@H]1O. The molecule has 248 valence electrons. The van der Waals surface area contributed by atoms with Crippen LogP contribution in [-0.4, -0.2) is 187 Å². The van der Waals surface area contributed by atoms with Crippen molar-refractivity contribution in [3.8, 4) is 0 Å². The molecule has 0 aromatic carbocycles. The molecule has 0 bridgehead atoms. The Kier molecular flexibility index (Phi) is 11.7. The van der Waals surface area contributed by atoms with E-state index in [1.54, 1.807) is 0 Å². The van der Waals surface area contributed by atoms with Crippen LogP contribution in [0.5, 0.6) is 0 Å². The van der Waals surface area contributed by atoms with Gasteiger partial charge in [0.25, 0.3) is 0 Å². The standard InChI is InChI=1S/C18H34O22P2/c19-3-2(1-36-42(34,35)40-15-10(26)6(22)5(21)7(23)11(15)27)37-18(14(30)4(3)20)38-16-12(28)8(24)9(25)13(29)17(16)39-41(31,32)33/h2-30H,1H2,(H,34,35)(H2,31,32,33)/t2-,3-,4+,5?,6-,7+,8-,9-,10-,11-,12+,13-,14+,15?,16-,17-,18-/m1/s1. The Morgan fingerprint density at radius 1 is 0.500 bits per heavy atom. The average molecular weight is 664 g/mol. The van der Waals surface area contributed by atoms with Gasteiger partial charge in [0, 0.05) is 0 Å². The third kappa shape index (κ3) is 7.71. The minimum Gasteiger partial charge on any atom is -0.387 e. The minimum absolute atomic E-state index is 1.20. The second-order valence-corrected chi connectivity index (χ2v) is 12.5. The molecule has 0 aromatic heterocycles. The van der Waals surface area contributed by atoms with Crippen LogP contribution >= 0.6 is 15.6 Å². The highest BCUT2D eigenvalue weighted by molar-refractivity contribution is 7.47. The van der Waals surface area contributed by atoms with E-state index in [1.165, 1.54) is 0 Å². The minimum atomic E-state index is -5.46. The molecule has 0 spiro atoms. The maximum Gasteiger partial charge on any atom is 0.472 e. The highest BCUT2D eigenvalue weighted by atomic mass is 31.2. The fourth-order valence-corrected chi connectivity index (χ4v) is 6.13. The van der Waals surface area contributed by atoms with Gasteiger partial charge in [0.15, 0.2) is 6.29 Å². The Morgan fingerprint density at radius 2 is 0.905 bits per heavy atom. The lowest BCUT2D eigenvalue weighted by atomic mass is 9.84. The van der Waals surface area contributed by atoms with Gasteiger partial charge in [0.2, 0.25) is 0 Å². The molecule has 2 aliphatic carbocycles. The molecule has 2 saturated carbocycles. The van der Waals surface area contributed by atoms with E-state index in [9.17, 15) is 75.3 Å². The predicted octanol–water partition coefficient (Wildman–Crippen LogP) is -8.57. The molecule has 3 fully saturated rings. The normalized spacial score (nSPS) is 50.3. The monoisotopic (exact) mass is 664 g/mol. The first-order valence-electron chi connectivity index (χ1n) is 12.1. The molecule has 0 amide bonds. The van der Waals surface area contributed by atoms with Gasteiger partial charge < -0.3 is 85.4 Å². The molecule has 1 saturated heterocycles. The van der Waals surface area contributed by atoms with Crippen molar-refractivity contribution in [2.24, 2.45) is 0 Å². The third-order valence-electron chi connectivity index (χ3n) is 7.00. The lowest BCUT2D eigenvalue weighted by Gasteiger charge is -2.47. The molecule has 42 heavy (non-hydrogen) atoms. The van der Waals surface area contributed by atoms with Gasteiger partial charge in [-0.15, -0.1) is 0 Å². The number of aliphatic hydroxyl groups excluding tert-OH is 12. The topological polar surface area (TPSA) is 384 Å². The highest BCUT2D eigenvalue weighted by Gasteiger charge is 2.56. The van der Waals surface area contributed by atoms with E-state index in [1.807, 2.05) is 0 Å². The smallest absolute Gasteiger partial charge is 0.387 e. The maximum absolute atomic E-state index is 12.5. The molecule has 15 N–H and O–H groups in total. The molecule has 3 aliphatic rings. The van der Waals surface area contributed by atoms with Gasteiger partial charge in [-0.3, -0.25) is 13.6 Å². The molecule has 24 heteroatoms. The summed E-state index contributed by atoms with van der Waals surface area (Å²) in [6.07, 6.45) is -37.0. The molecular weight excluding hydrogens is 630 g/mol. The molecule has 0 aromatic rings. The first-order chi connectivity index (χ1) is 19.2. The van der Waals surface area contributed by atoms with Gasteiger partial charge in [-0.1, -0.05) is 0 Å². The lowest BCUT2D eigenvalue weighted by molar-refractivity contribution is -0.337. The molecule has 1 heterocycles. The summed E-state index contributed by atoms with van der Waals surface area (Å²) in [5.41, 5.74) is 0. The van der Waals surface area contributed by atoms with Crippen molar-refractivity contribution in [3.63, 3.8) is 0 Å². The van der Waals surface area contributed by atoms with Crippen LogP contribution in [0.4, 0.5) is 0 Å². The first-order valence-corrected chi connectivity index (χ1v) is 15.1. The summed E-state index contributed by atoms with van der Waals surface area (Å²) in [7, 11) is -10.9. The van der Waals surface area contributed by atoms with E-state index in [0.29, 0.717) is 0 Å². The molecular formula is C18H34O22P2. The Balaban J connectivity index is 1.73. The predicted molar refractivity (Wildman–Crippen MR) is 123 cm³/mol. The first kappa shape index (κ1) is 36.1. The van der Waals surface area contributed by atoms with Gasteiger partial charge in [-0.05, 0) is 0 Å². The zero-order valence-electron chi connectivity index (χ0n) is 21.0. The molecule has 3 unspecified atom stereocenters. The summed E-state index contributed by atoms with van der Waals surface area (Å²) in [5, 5.41) is 120. The van der Waals surface area contributed by atoms with E-state index in [-0.39, 0.29) is 0 Å². The van der Waals surface area contributed by atoms with Gasteiger partial charge in [-0.25, -0.2) is 9.13 Å². The zero-order valence-corrected chi connectivity index (χ0v) is 22.8. The summed E-state index contributed by atoms with van der Waals surface area (Å²) in [5.74, 6) is 0. The summed E-state index contributed by atoms with van der Waals surface area (Å²) in [6.45, 7) is -1.20. The van der Waals surface area contributed by atoms with Crippen LogP contribution in [0.2, 0.25) is 0 Å². The van der Waals surface area contributed by atoms with Crippen LogP contribution in [0, 0.1) is 0 Å². The summed E-state index contributed by atoms with van der Waals surface area (Å²) < 4.78 is 47.8. The van der Waals surface area contributed by atoms with Crippen molar-refractivity contribution < 1.29 is 108 Å². The summed E-state index contributed by atoms with van der Waals surface area (Å²) in [4.78, 5) is 28.3. The van der Waals surface area contributed by atoms with Crippen LogP contribution < -0.4 is 0 Å². The number of ether oxygens (including phenoxy) is 2. The Hall–Kier alpha value is -0.340. The summed E-state index contributed by atoms with van der Waals surface area (Å²) >= 11 is 0. The number of phosphoric ester groups is 2. The highest BCUT2D eigenvalue weighted by Crippen LogP contribution is 2.48. The number of phosphoric acid groups is 2. The van der Waals surface area contributed by atoms with Crippen molar-refractivity contribution in [2.75, 3.05) is 6.61 Å². The van der Waals surface area contributed by atoms with E-state index in [0.717, 1.165) is 0 Å². The molecule has 3 rings (SSSR count). The van der Waals surface area contributed by atoms with Crippen LogP contribution in [0.25, 0.3) is 0 Å². The van der Waals surface area contributed by atoms with Crippen LogP contribution in [-0.2, 0) is 32.2 Å². The maximum atomic E-state index is 12.5. The van der Waals surface area contributed by atoms with Gasteiger partial charge in [-0.2, -0.15) is 0 Å². The third-order valence-corrected chi connectivity index (χ3v) is 8.50. The second-order valence-electron chi connectivity index (χ2n) is 9.93. The Bertz CT molecular complexity index is 982. The van der Waals surface area contributed by atoms with Crippen molar-refractivity contribution in [3.05, 3.63) is 0 Å². The van der Waals surface area contributed by atoms with Crippen molar-refractivity contribution >= 4 is 15.6 Å². The van der Waals surface area contributed by atoms with Gasteiger partial charge >= 0.3 is 15.6 Å². The molecule has 0 radical (unpaired) electrons. The second kappa shape index (κ2) is 13.6. The average Bonchev–Trinajstić information content (AvgIpc) is 2.91. The quantitative estimate of drug-likeness (QED) is 0.102. The van der Waals surface area contributed by atoms with E-state index in [2.05, 4.69) is 13.6 Å². The molecule has 18 atom stereocenters. The summed E-state index contributed by atoms with van der Waals surface area (Å²) in [6, 6.07) is 0. The zero-order chi connectivity index (χ0) is 32.1. The van der Waals surface area contributed by atoms with Crippen molar-refractivity contribution in [1.29, 1.82) is 0 Å². The van der Waals surface area contributed by atoms with Crippen molar-refractivity contribution in [1.82, 2.24) is 0 Å².